The van der Waals surface area contributed by atoms with E-state index in [2.05, 4.69) is 33.3 Å². The van der Waals surface area contributed by atoms with Crippen molar-refractivity contribution < 1.29 is 0 Å². The van der Waals surface area contributed by atoms with Crippen LogP contribution in [0.3, 0.4) is 0 Å². The summed E-state index contributed by atoms with van der Waals surface area (Å²) in [5.41, 5.74) is 2.15. The van der Waals surface area contributed by atoms with Crippen molar-refractivity contribution in [2.24, 2.45) is 0 Å². The molecule has 0 radical (unpaired) electrons. The number of aryl methyl sites for hydroxylation is 1. The van der Waals surface area contributed by atoms with Crippen molar-refractivity contribution in [2.75, 3.05) is 32.7 Å². The smallest absolute Gasteiger partial charge is 0.155 e. The van der Waals surface area contributed by atoms with Gasteiger partial charge in [0.1, 0.15) is 0 Å². The topological polar surface area (TPSA) is 45.5 Å². The van der Waals surface area contributed by atoms with Crippen LogP contribution in [-0.4, -0.2) is 52.2 Å². The summed E-state index contributed by atoms with van der Waals surface area (Å²) in [5.74, 6) is 0.944. The molecule has 18 heavy (non-hydrogen) atoms. The van der Waals surface area contributed by atoms with Crippen LogP contribution in [0.4, 0.5) is 0 Å². The van der Waals surface area contributed by atoms with Gasteiger partial charge in [0.2, 0.25) is 0 Å². The van der Waals surface area contributed by atoms with Crippen molar-refractivity contribution in [3.05, 3.63) is 29.7 Å². The van der Waals surface area contributed by atoms with Crippen LogP contribution in [-0.2, 0) is 6.42 Å². The van der Waals surface area contributed by atoms with E-state index in [-0.39, 0.29) is 0 Å². The fourth-order valence-corrected chi connectivity index (χ4v) is 2.33. The van der Waals surface area contributed by atoms with E-state index in [1.165, 1.54) is 5.56 Å². The average Bonchev–Trinajstić information content (AvgIpc) is 2.79. The van der Waals surface area contributed by atoms with Crippen molar-refractivity contribution in [3.63, 3.8) is 0 Å². The summed E-state index contributed by atoms with van der Waals surface area (Å²) >= 11 is 0. The molecule has 0 aromatic carbocycles. The van der Waals surface area contributed by atoms with Crippen molar-refractivity contribution >= 4 is 5.65 Å². The minimum Gasteiger partial charge on any atom is -0.314 e. The van der Waals surface area contributed by atoms with Gasteiger partial charge in [-0.05, 0) is 18.6 Å². The van der Waals surface area contributed by atoms with Gasteiger partial charge in [0.05, 0.1) is 0 Å². The molecule has 3 heterocycles. The number of piperazine rings is 1. The minimum atomic E-state index is 0.931. The minimum absolute atomic E-state index is 0.931. The number of rotatable bonds is 3. The van der Waals surface area contributed by atoms with E-state index in [0.717, 1.165) is 50.6 Å². The maximum atomic E-state index is 4.55. The molecule has 0 aliphatic carbocycles. The first-order valence-electron chi connectivity index (χ1n) is 6.56. The Labute approximate surface area is 107 Å². The van der Waals surface area contributed by atoms with E-state index in [1.807, 2.05) is 16.8 Å². The van der Waals surface area contributed by atoms with Gasteiger partial charge >= 0.3 is 0 Å². The Bertz CT molecular complexity index is 527. The molecule has 5 heteroatoms. The molecule has 1 fully saturated rings. The van der Waals surface area contributed by atoms with Gasteiger partial charge in [-0.3, -0.25) is 0 Å². The first-order valence-corrected chi connectivity index (χ1v) is 6.56. The molecule has 0 bridgehead atoms. The summed E-state index contributed by atoms with van der Waals surface area (Å²) in [7, 11) is 0. The summed E-state index contributed by atoms with van der Waals surface area (Å²) in [6.07, 6.45) is 2.96. The fourth-order valence-electron chi connectivity index (χ4n) is 2.33. The van der Waals surface area contributed by atoms with Crippen LogP contribution in [0.2, 0.25) is 0 Å². The van der Waals surface area contributed by atoms with E-state index in [1.54, 1.807) is 0 Å². The molecule has 3 rings (SSSR count). The lowest BCUT2D eigenvalue weighted by molar-refractivity contribution is 0.242. The molecular weight excluding hydrogens is 226 g/mol. The summed E-state index contributed by atoms with van der Waals surface area (Å²) in [5, 5.41) is 7.88. The van der Waals surface area contributed by atoms with Gasteiger partial charge in [0, 0.05) is 45.3 Å². The predicted molar refractivity (Wildman–Crippen MR) is 70.7 cm³/mol. The average molecular weight is 245 g/mol. The second-order valence-corrected chi connectivity index (χ2v) is 4.88. The normalized spacial score (nSPS) is 17.4. The zero-order chi connectivity index (χ0) is 12.4. The molecule has 1 saturated heterocycles. The first-order chi connectivity index (χ1) is 8.81. The molecule has 2 aromatic heterocycles. The third kappa shape index (κ3) is 2.52. The van der Waals surface area contributed by atoms with Crippen molar-refractivity contribution in [2.45, 2.75) is 13.3 Å². The Balaban J connectivity index is 1.67. The Hall–Kier alpha value is -1.46. The molecule has 5 nitrogen and oxygen atoms in total. The fraction of sp³-hybridized carbons (Fsp3) is 0.538. The second kappa shape index (κ2) is 5.04. The van der Waals surface area contributed by atoms with Crippen LogP contribution in [0.15, 0.2) is 18.3 Å². The summed E-state index contributed by atoms with van der Waals surface area (Å²) in [6.45, 7) is 7.58. The quantitative estimate of drug-likeness (QED) is 0.854. The maximum absolute atomic E-state index is 4.55. The van der Waals surface area contributed by atoms with Crippen LogP contribution in [0.25, 0.3) is 5.65 Å². The summed E-state index contributed by atoms with van der Waals surface area (Å²) in [4.78, 5) is 7.01. The number of hydrogen-bond acceptors (Lipinski definition) is 4. The lowest BCUT2D eigenvalue weighted by atomic mass is 10.3. The van der Waals surface area contributed by atoms with Crippen LogP contribution in [0, 0.1) is 6.92 Å². The van der Waals surface area contributed by atoms with Gasteiger partial charge in [-0.2, -0.15) is 5.10 Å². The molecule has 2 aromatic rings. The van der Waals surface area contributed by atoms with E-state index >= 15 is 0 Å². The Morgan fingerprint density at radius 1 is 1.28 bits per heavy atom. The first kappa shape index (κ1) is 11.6. The zero-order valence-electron chi connectivity index (χ0n) is 10.8. The largest absolute Gasteiger partial charge is 0.314 e. The highest BCUT2D eigenvalue weighted by Crippen LogP contribution is 2.05. The Morgan fingerprint density at radius 2 is 2.11 bits per heavy atom. The van der Waals surface area contributed by atoms with Gasteiger partial charge in [-0.25, -0.2) is 9.50 Å². The molecular formula is C13H19N5. The molecule has 1 aliphatic heterocycles. The molecule has 1 N–H and O–H groups in total. The number of nitrogens with zero attached hydrogens (tertiary/aromatic N) is 4. The monoisotopic (exact) mass is 245 g/mol. The standard InChI is InChI=1S/C13H19N5/c1-11-2-3-13-15-12(16-18(13)10-11)4-7-17-8-5-14-6-9-17/h2-3,10,14H,4-9H2,1H3. The van der Waals surface area contributed by atoms with Crippen LogP contribution < -0.4 is 5.32 Å². The molecule has 1 aliphatic rings. The van der Waals surface area contributed by atoms with Crippen LogP contribution in [0.5, 0.6) is 0 Å². The molecule has 0 atom stereocenters. The molecule has 0 amide bonds. The third-order valence-electron chi connectivity index (χ3n) is 3.38. The van der Waals surface area contributed by atoms with Crippen molar-refractivity contribution in [3.8, 4) is 0 Å². The van der Waals surface area contributed by atoms with Crippen molar-refractivity contribution in [1.29, 1.82) is 0 Å². The molecule has 0 spiro atoms. The molecule has 0 saturated carbocycles. The maximum Gasteiger partial charge on any atom is 0.155 e. The molecule has 0 unspecified atom stereocenters. The highest BCUT2D eigenvalue weighted by Gasteiger charge is 2.11. The van der Waals surface area contributed by atoms with Gasteiger partial charge in [-0.1, -0.05) is 6.07 Å². The highest BCUT2D eigenvalue weighted by atomic mass is 15.3. The number of hydrogen-bond donors (Lipinski definition) is 1. The Morgan fingerprint density at radius 3 is 2.94 bits per heavy atom. The van der Waals surface area contributed by atoms with E-state index < -0.39 is 0 Å². The van der Waals surface area contributed by atoms with Crippen LogP contribution >= 0.6 is 0 Å². The van der Waals surface area contributed by atoms with Gasteiger partial charge in [0.15, 0.2) is 11.5 Å². The Kier molecular flexibility index (Phi) is 3.25. The lowest BCUT2D eigenvalue weighted by Crippen LogP contribution is -2.44. The number of pyridine rings is 1. The summed E-state index contributed by atoms with van der Waals surface area (Å²) in [6, 6.07) is 4.10. The second-order valence-electron chi connectivity index (χ2n) is 4.88. The number of aromatic nitrogens is 3. The zero-order valence-corrected chi connectivity index (χ0v) is 10.8. The van der Waals surface area contributed by atoms with Crippen LogP contribution in [0.1, 0.15) is 11.4 Å². The van der Waals surface area contributed by atoms with E-state index in [4.69, 9.17) is 0 Å². The molecule has 96 valence electrons. The van der Waals surface area contributed by atoms with Gasteiger partial charge in [-0.15, -0.1) is 0 Å². The van der Waals surface area contributed by atoms with Gasteiger partial charge < -0.3 is 10.2 Å². The SMILES string of the molecule is Cc1ccc2nc(CCN3CCNCC3)nn2c1. The van der Waals surface area contributed by atoms with E-state index in [0.29, 0.717) is 0 Å². The lowest BCUT2D eigenvalue weighted by Gasteiger charge is -2.26. The van der Waals surface area contributed by atoms with Crippen molar-refractivity contribution in [1.82, 2.24) is 24.8 Å². The summed E-state index contributed by atoms with van der Waals surface area (Å²) < 4.78 is 1.88. The predicted octanol–water partition coefficient (Wildman–Crippen LogP) is 0.485. The third-order valence-corrected chi connectivity index (χ3v) is 3.38. The van der Waals surface area contributed by atoms with Gasteiger partial charge in [0.25, 0.3) is 0 Å². The highest BCUT2D eigenvalue weighted by molar-refractivity contribution is 5.38. The number of fused-ring (bicyclic) bond motifs is 1. The number of nitrogens with one attached hydrogen (secondary N) is 1. The van der Waals surface area contributed by atoms with E-state index in [9.17, 15) is 0 Å².